The van der Waals surface area contributed by atoms with E-state index in [0.717, 1.165) is 55.1 Å². The maximum atomic E-state index is 12.6. The van der Waals surface area contributed by atoms with E-state index in [2.05, 4.69) is 20.3 Å². The molecule has 35 heavy (non-hydrogen) atoms. The van der Waals surface area contributed by atoms with Crippen LogP contribution in [0.5, 0.6) is 0 Å². The fourth-order valence-electron chi connectivity index (χ4n) is 3.57. The van der Waals surface area contributed by atoms with E-state index >= 15 is 0 Å². The highest BCUT2D eigenvalue weighted by Crippen LogP contribution is 2.20. The molecule has 184 valence electrons. The molecule has 2 aromatic carbocycles. The summed E-state index contributed by atoms with van der Waals surface area (Å²) in [6, 6.07) is 16.0. The number of hydrogen-bond donors (Lipinski definition) is 3. The molecule has 1 fully saturated rings. The lowest BCUT2D eigenvalue weighted by atomic mass is 10.2. The average molecular weight is 515 g/mol. The molecule has 0 radical (unpaired) electrons. The van der Waals surface area contributed by atoms with Gasteiger partial charge in [-0.2, -0.15) is 0 Å². The van der Waals surface area contributed by atoms with Crippen molar-refractivity contribution in [3.63, 3.8) is 0 Å². The number of nitrogens with zero attached hydrogens (tertiary/aromatic N) is 1. The Morgan fingerprint density at radius 3 is 2.43 bits per heavy atom. The molecule has 1 aromatic heterocycles. The van der Waals surface area contributed by atoms with Crippen LogP contribution in [0.25, 0.3) is 0 Å². The Morgan fingerprint density at radius 2 is 1.71 bits per heavy atom. The normalized spacial score (nSPS) is 13.8. The zero-order chi connectivity index (χ0) is 24.8. The molecule has 2 amide bonds. The van der Waals surface area contributed by atoms with Crippen LogP contribution in [0.2, 0.25) is 0 Å². The number of carbonyl (C=O) groups excluding carboxylic acids is 2. The highest BCUT2D eigenvalue weighted by atomic mass is 32.2. The Labute approximate surface area is 208 Å². The fourth-order valence-corrected chi connectivity index (χ4v) is 4.91. The number of amides is 2. The molecule has 0 saturated carbocycles. The number of anilines is 3. The molecule has 3 N–H and O–H groups in total. The number of benzene rings is 2. The number of carbonyl (C=O) groups is 2. The summed E-state index contributed by atoms with van der Waals surface area (Å²) >= 11 is 1.16. The maximum Gasteiger partial charge on any atom is 0.265 e. The van der Waals surface area contributed by atoms with Crippen molar-refractivity contribution in [3.05, 3.63) is 76.0 Å². The first-order chi connectivity index (χ1) is 16.8. The third-order valence-electron chi connectivity index (χ3n) is 5.27. The van der Waals surface area contributed by atoms with Gasteiger partial charge in [0.15, 0.2) is 0 Å². The monoisotopic (exact) mass is 514 g/mol. The van der Waals surface area contributed by atoms with E-state index in [1.807, 2.05) is 24.3 Å². The number of ether oxygens (including phenoxy) is 1. The van der Waals surface area contributed by atoms with E-state index in [-0.39, 0.29) is 11.8 Å². The van der Waals surface area contributed by atoms with E-state index in [9.17, 15) is 18.0 Å². The minimum Gasteiger partial charge on any atom is -0.378 e. The van der Waals surface area contributed by atoms with Crippen molar-refractivity contribution in [2.24, 2.45) is 0 Å². The second-order valence-electron chi connectivity index (χ2n) is 8.06. The van der Waals surface area contributed by atoms with Crippen molar-refractivity contribution in [3.8, 4) is 0 Å². The summed E-state index contributed by atoms with van der Waals surface area (Å²) in [5, 5.41) is 7.23. The Hall–Kier alpha value is -3.41. The van der Waals surface area contributed by atoms with Crippen molar-refractivity contribution >= 4 is 50.2 Å². The van der Waals surface area contributed by atoms with Crippen LogP contribution >= 0.6 is 11.3 Å². The van der Waals surface area contributed by atoms with Crippen molar-refractivity contribution in [1.82, 2.24) is 5.32 Å². The first kappa shape index (κ1) is 24.7. The molecule has 1 aliphatic rings. The molecule has 2 heterocycles. The summed E-state index contributed by atoms with van der Waals surface area (Å²) < 4.78 is 30.6. The lowest BCUT2D eigenvalue weighted by Crippen LogP contribution is -2.36. The van der Waals surface area contributed by atoms with Gasteiger partial charge in [-0.3, -0.25) is 14.3 Å². The fraction of sp³-hybridized carbons (Fsp3) is 0.250. The van der Waals surface area contributed by atoms with Crippen molar-refractivity contribution in [2.45, 2.75) is 6.54 Å². The number of hydrogen-bond acceptors (Lipinski definition) is 7. The molecule has 0 bridgehead atoms. The van der Waals surface area contributed by atoms with E-state index in [1.54, 1.807) is 23.6 Å². The predicted molar refractivity (Wildman–Crippen MR) is 138 cm³/mol. The summed E-state index contributed by atoms with van der Waals surface area (Å²) in [5.74, 6) is -0.652. The van der Waals surface area contributed by atoms with Crippen LogP contribution in [0, 0.1) is 0 Å². The molecule has 1 aliphatic heterocycles. The van der Waals surface area contributed by atoms with Crippen LogP contribution in [-0.2, 0) is 21.3 Å². The van der Waals surface area contributed by atoms with Crippen LogP contribution in [0.15, 0.2) is 60.0 Å². The smallest absolute Gasteiger partial charge is 0.265 e. The molecule has 0 aliphatic carbocycles. The van der Waals surface area contributed by atoms with Crippen LogP contribution in [0.1, 0.15) is 25.6 Å². The zero-order valence-corrected chi connectivity index (χ0v) is 20.7. The number of morpholine rings is 1. The molecule has 0 spiro atoms. The maximum absolute atomic E-state index is 12.6. The van der Waals surface area contributed by atoms with Crippen molar-refractivity contribution in [1.29, 1.82) is 0 Å². The third-order valence-corrected chi connectivity index (χ3v) is 6.81. The summed E-state index contributed by atoms with van der Waals surface area (Å²) in [4.78, 5) is 27.8. The zero-order valence-electron chi connectivity index (χ0n) is 19.1. The lowest BCUT2D eigenvalue weighted by Gasteiger charge is -2.28. The summed E-state index contributed by atoms with van der Waals surface area (Å²) in [5.41, 5.74) is 3.29. The largest absolute Gasteiger partial charge is 0.378 e. The van der Waals surface area contributed by atoms with Gasteiger partial charge in [-0.25, -0.2) is 8.42 Å². The highest BCUT2D eigenvalue weighted by molar-refractivity contribution is 7.92. The van der Waals surface area contributed by atoms with Gasteiger partial charge in [0.1, 0.15) is 0 Å². The van der Waals surface area contributed by atoms with Gasteiger partial charge < -0.3 is 20.3 Å². The van der Waals surface area contributed by atoms with Gasteiger partial charge in [0.05, 0.1) is 35.6 Å². The van der Waals surface area contributed by atoms with Crippen molar-refractivity contribution < 1.29 is 22.7 Å². The lowest BCUT2D eigenvalue weighted by molar-refractivity contribution is 0.0951. The minimum absolute atomic E-state index is 0.267. The summed E-state index contributed by atoms with van der Waals surface area (Å²) in [6.07, 6.45) is 1.05. The third kappa shape index (κ3) is 7.04. The van der Waals surface area contributed by atoms with Gasteiger partial charge in [-0.05, 0) is 42.0 Å². The second-order valence-corrected chi connectivity index (χ2v) is 10.7. The van der Waals surface area contributed by atoms with Gasteiger partial charge in [0.25, 0.3) is 11.8 Å². The van der Waals surface area contributed by atoms with E-state index < -0.39 is 10.0 Å². The Balaban J connectivity index is 1.31. The first-order valence-electron chi connectivity index (χ1n) is 10.9. The molecular formula is C24H26N4O5S2. The highest BCUT2D eigenvalue weighted by Gasteiger charge is 2.15. The predicted octanol–water partition coefficient (Wildman–Crippen LogP) is 3.14. The molecule has 1 saturated heterocycles. The van der Waals surface area contributed by atoms with Gasteiger partial charge in [0.2, 0.25) is 10.0 Å². The molecule has 0 unspecified atom stereocenters. The Morgan fingerprint density at radius 1 is 1.00 bits per heavy atom. The standard InChI is InChI=1S/C24H26N4O5S2/c1-35(31,32)27-20-4-2-3-19(14-20)26-24(30)22-13-18(16-34-22)23(29)25-15-17-5-7-21(8-6-17)28-9-11-33-12-10-28/h2-8,13-14,16,27H,9-12,15H2,1H3,(H,25,29)(H,26,30). The van der Waals surface area contributed by atoms with E-state index in [0.29, 0.717) is 28.4 Å². The van der Waals surface area contributed by atoms with Gasteiger partial charge in [-0.1, -0.05) is 18.2 Å². The Bertz CT molecular complexity index is 1300. The Kier molecular flexibility index (Phi) is 7.69. The topological polar surface area (TPSA) is 117 Å². The second kappa shape index (κ2) is 10.9. The van der Waals surface area contributed by atoms with Gasteiger partial charge >= 0.3 is 0 Å². The van der Waals surface area contributed by atoms with Gasteiger partial charge in [-0.15, -0.1) is 11.3 Å². The van der Waals surface area contributed by atoms with Crippen LogP contribution in [0.3, 0.4) is 0 Å². The number of rotatable bonds is 8. The van der Waals surface area contributed by atoms with Crippen LogP contribution < -0.4 is 20.3 Å². The molecule has 3 aromatic rings. The molecule has 0 atom stereocenters. The van der Waals surface area contributed by atoms with Crippen molar-refractivity contribution in [2.75, 3.05) is 47.5 Å². The number of sulfonamides is 1. The van der Waals surface area contributed by atoms with E-state index in [1.165, 1.54) is 12.1 Å². The molecular weight excluding hydrogens is 488 g/mol. The molecule has 4 rings (SSSR count). The van der Waals surface area contributed by atoms with Crippen LogP contribution in [-0.4, -0.2) is 52.8 Å². The minimum atomic E-state index is -3.43. The summed E-state index contributed by atoms with van der Waals surface area (Å²) in [7, 11) is -3.43. The van der Waals surface area contributed by atoms with Crippen LogP contribution in [0.4, 0.5) is 17.1 Å². The van der Waals surface area contributed by atoms with Gasteiger partial charge in [0, 0.05) is 36.4 Å². The number of thiophene rings is 1. The van der Waals surface area contributed by atoms with E-state index in [4.69, 9.17) is 4.74 Å². The number of nitrogens with one attached hydrogen (secondary N) is 3. The average Bonchev–Trinajstić information content (AvgIpc) is 3.33. The SMILES string of the molecule is CS(=O)(=O)Nc1cccc(NC(=O)c2cc(C(=O)NCc3ccc(N4CCOCC4)cc3)cs2)c1. The quantitative estimate of drug-likeness (QED) is 0.425. The summed E-state index contributed by atoms with van der Waals surface area (Å²) in [6.45, 7) is 3.57. The first-order valence-corrected chi connectivity index (χ1v) is 13.7. The molecule has 9 nitrogen and oxygen atoms in total. The molecule has 11 heteroatoms.